The molecule has 116 valence electrons. The highest BCUT2D eigenvalue weighted by molar-refractivity contribution is 14.1. The van der Waals surface area contributed by atoms with Crippen molar-refractivity contribution < 1.29 is 19.0 Å². The lowest BCUT2D eigenvalue weighted by Gasteiger charge is -2.13. The minimum Gasteiger partial charge on any atom is -0.493 e. The molecule has 0 N–H and O–H groups in total. The first-order valence-electron chi connectivity index (χ1n) is 6.79. The Morgan fingerprint density at radius 3 is 2.59 bits per heavy atom. The lowest BCUT2D eigenvalue weighted by atomic mass is 10.2. The third kappa shape index (κ3) is 4.37. The Balaban J connectivity index is 1.95. The van der Waals surface area contributed by atoms with Crippen molar-refractivity contribution >= 4 is 28.9 Å². The highest BCUT2D eigenvalue weighted by atomic mass is 127. The summed E-state index contributed by atoms with van der Waals surface area (Å²) in [5.74, 6) is 1.99. The van der Waals surface area contributed by atoms with Crippen LogP contribution in [0.3, 0.4) is 0 Å². The summed E-state index contributed by atoms with van der Waals surface area (Å²) >= 11 is 2.12. The maximum atomic E-state index is 10.9. The Hall–Kier alpha value is -1.76. The second kappa shape index (κ2) is 8.03. The Kier molecular flexibility index (Phi) is 6.06. The molecule has 0 aromatic heterocycles. The van der Waals surface area contributed by atoms with Crippen LogP contribution in [-0.2, 0) is 0 Å². The van der Waals surface area contributed by atoms with Crippen LogP contribution >= 0.6 is 22.6 Å². The van der Waals surface area contributed by atoms with E-state index in [0.29, 0.717) is 30.3 Å². The molecule has 0 aliphatic rings. The number of halogens is 1. The van der Waals surface area contributed by atoms with Gasteiger partial charge in [-0.25, -0.2) is 0 Å². The van der Waals surface area contributed by atoms with Crippen LogP contribution in [0.2, 0.25) is 0 Å². The fourth-order valence-corrected chi connectivity index (χ4v) is 2.74. The van der Waals surface area contributed by atoms with Crippen LogP contribution in [0.5, 0.6) is 17.2 Å². The second-order valence-corrected chi connectivity index (χ2v) is 5.83. The number of methoxy groups -OCH3 is 1. The van der Waals surface area contributed by atoms with Crippen molar-refractivity contribution in [2.24, 2.45) is 0 Å². The van der Waals surface area contributed by atoms with Gasteiger partial charge in [0.2, 0.25) is 0 Å². The van der Waals surface area contributed by atoms with E-state index in [-0.39, 0.29) is 0 Å². The number of hydrogen-bond acceptors (Lipinski definition) is 4. The molecule has 2 aromatic carbocycles. The Morgan fingerprint density at radius 1 is 1.14 bits per heavy atom. The van der Waals surface area contributed by atoms with E-state index in [2.05, 4.69) is 22.6 Å². The van der Waals surface area contributed by atoms with Crippen LogP contribution in [0.25, 0.3) is 0 Å². The molecule has 0 saturated heterocycles. The fraction of sp³-hybridized carbons (Fsp3) is 0.235. The summed E-state index contributed by atoms with van der Waals surface area (Å²) in [4.78, 5) is 10.9. The first-order valence-corrected chi connectivity index (χ1v) is 7.87. The Labute approximate surface area is 143 Å². The van der Waals surface area contributed by atoms with Crippen molar-refractivity contribution in [3.8, 4) is 17.2 Å². The van der Waals surface area contributed by atoms with Crippen molar-refractivity contribution in [1.29, 1.82) is 0 Å². The number of carbonyl (C=O) groups is 1. The van der Waals surface area contributed by atoms with Crippen molar-refractivity contribution in [3.63, 3.8) is 0 Å². The van der Waals surface area contributed by atoms with Crippen molar-refractivity contribution in [2.75, 3.05) is 20.3 Å². The Bertz CT molecular complexity index is 655. The number of hydrogen-bond donors (Lipinski definition) is 0. The second-order valence-electron chi connectivity index (χ2n) is 4.67. The van der Waals surface area contributed by atoms with E-state index in [1.165, 1.54) is 0 Å². The molecule has 0 bridgehead atoms. The maximum absolute atomic E-state index is 10.9. The monoisotopic (exact) mass is 412 g/mol. The SMILES string of the molecule is COc1cc(C=O)cc(I)c1OCCOc1cccc(C)c1. The van der Waals surface area contributed by atoms with Crippen LogP contribution in [0.15, 0.2) is 36.4 Å². The molecule has 0 atom stereocenters. The van der Waals surface area contributed by atoms with Crippen molar-refractivity contribution in [2.45, 2.75) is 6.92 Å². The average molecular weight is 412 g/mol. The van der Waals surface area contributed by atoms with Gasteiger partial charge in [-0.2, -0.15) is 0 Å². The predicted octanol–water partition coefficient (Wildman–Crippen LogP) is 3.88. The molecule has 0 fully saturated rings. The van der Waals surface area contributed by atoms with Gasteiger partial charge in [-0.3, -0.25) is 4.79 Å². The van der Waals surface area contributed by atoms with Gasteiger partial charge in [-0.1, -0.05) is 12.1 Å². The summed E-state index contributed by atoms with van der Waals surface area (Å²) < 4.78 is 17.5. The van der Waals surface area contributed by atoms with Crippen LogP contribution in [0, 0.1) is 10.5 Å². The number of rotatable bonds is 7. The van der Waals surface area contributed by atoms with Gasteiger partial charge >= 0.3 is 0 Å². The molecule has 0 aliphatic carbocycles. The summed E-state index contributed by atoms with van der Waals surface area (Å²) in [6.45, 7) is 2.84. The maximum Gasteiger partial charge on any atom is 0.174 e. The van der Waals surface area contributed by atoms with Crippen molar-refractivity contribution in [3.05, 3.63) is 51.1 Å². The van der Waals surface area contributed by atoms with E-state index in [9.17, 15) is 4.79 Å². The lowest BCUT2D eigenvalue weighted by Crippen LogP contribution is -2.10. The van der Waals surface area contributed by atoms with Crippen molar-refractivity contribution in [1.82, 2.24) is 0 Å². The van der Waals surface area contributed by atoms with Crippen LogP contribution in [0.4, 0.5) is 0 Å². The minimum atomic E-state index is 0.390. The largest absolute Gasteiger partial charge is 0.493 e. The fourth-order valence-electron chi connectivity index (χ4n) is 1.96. The summed E-state index contributed by atoms with van der Waals surface area (Å²) in [7, 11) is 1.55. The van der Waals surface area contributed by atoms with E-state index in [1.807, 2.05) is 31.2 Å². The molecule has 4 nitrogen and oxygen atoms in total. The number of benzene rings is 2. The minimum absolute atomic E-state index is 0.390. The molecule has 0 aliphatic heterocycles. The van der Waals surface area contributed by atoms with E-state index >= 15 is 0 Å². The van der Waals surface area contributed by atoms with E-state index in [0.717, 1.165) is 21.2 Å². The molecule has 22 heavy (non-hydrogen) atoms. The predicted molar refractivity (Wildman–Crippen MR) is 93.3 cm³/mol. The average Bonchev–Trinajstić information content (AvgIpc) is 2.52. The van der Waals surface area contributed by atoms with E-state index in [1.54, 1.807) is 19.2 Å². The van der Waals surface area contributed by atoms with Crippen LogP contribution < -0.4 is 14.2 Å². The van der Waals surface area contributed by atoms with Gasteiger partial charge in [0.1, 0.15) is 25.2 Å². The molecular weight excluding hydrogens is 395 g/mol. The number of aldehydes is 1. The first-order chi connectivity index (χ1) is 10.6. The van der Waals surface area contributed by atoms with Gasteiger partial charge in [0.25, 0.3) is 0 Å². The molecule has 0 amide bonds. The summed E-state index contributed by atoms with van der Waals surface area (Å²) in [5.41, 5.74) is 1.71. The van der Waals surface area contributed by atoms with Crippen LogP contribution in [0.1, 0.15) is 15.9 Å². The number of aryl methyl sites for hydroxylation is 1. The number of carbonyl (C=O) groups excluding carboxylic acids is 1. The van der Waals surface area contributed by atoms with E-state index < -0.39 is 0 Å². The zero-order valence-electron chi connectivity index (χ0n) is 12.5. The molecule has 0 heterocycles. The normalized spacial score (nSPS) is 10.1. The van der Waals surface area contributed by atoms with E-state index in [4.69, 9.17) is 14.2 Å². The van der Waals surface area contributed by atoms with Gasteiger partial charge in [0, 0.05) is 5.56 Å². The van der Waals surface area contributed by atoms with Gasteiger partial charge in [0.05, 0.1) is 10.7 Å². The Morgan fingerprint density at radius 2 is 1.91 bits per heavy atom. The molecular formula is C17H17IO4. The summed E-state index contributed by atoms with van der Waals surface area (Å²) in [6.07, 6.45) is 0.787. The number of ether oxygens (including phenoxy) is 3. The lowest BCUT2D eigenvalue weighted by molar-refractivity contribution is 0.112. The van der Waals surface area contributed by atoms with Crippen LogP contribution in [-0.4, -0.2) is 26.6 Å². The van der Waals surface area contributed by atoms with Gasteiger partial charge in [-0.05, 0) is 59.3 Å². The highest BCUT2D eigenvalue weighted by Crippen LogP contribution is 2.33. The molecule has 0 unspecified atom stereocenters. The molecule has 2 aromatic rings. The smallest absolute Gasteiger partial charge is 0.174 e. The standard InChI is InChI=1S/C17H17IO4/c1-12-4-3-5-14(8-12)21-6-7-22-17-15(18)9-13(11-19)10-16(17)20-2/h3-5,8-11H,6-7H2,1-2H3. The zero-order chi connectivity index (χ0) is 15.9. The first kappa shape index (κ1) is 16.6. The van der Waals surface area contributed by atoms with Gasteiger partial charge in [-0.15, -0.1) is 0 Å². The van der Waals surface area contributed by atoms with Gasteiger partial charge < -0.3 is 14.2 Å². The molecule has 0 spiro atoms. The summed E-state index contributed by atoms with van der Waals surface area (Å²) in [5, 5.41) is 0. The highest BCUT2D eigenvalue weighted by Gasteiger charge is 2.11. The molecule has 5 heteroatoms. The third-order valence-corrected chi connectivity index (χ3v) is 3.78. The quantitative estimate of drug-likeness (QED) is 0.394. The third-order valence-electron chi connectivity index (χ3n) is 2.98. The molecule has 0 radical (unpaired) electrons. The zero-order valence-corrected chi connectivity index (χ0v) is 14.6. The molecule has 0 saturated carbocycles. The molecule has 2 rings (SSSR count). The summed E-state index contributed by atoms with van der Waals surface area (Å²) in [6, 6.07) is 11.3. The van der Waals surface area contributed by atoms with Gasteiger partial charge in [0.15, 0.2) is 11.5 Å². The topological polar surface area (TPSA) is 44.8 Å².